The maximum absolute atomic E-state index is 12.4. The summed E-state index contributed by atoms with van der Waals surface area (Å²) >= 11 is 0. The minimum Gasteiger partial charge on any atom is -0.495 e. The van der Waals surface area contributed by atoms with Crippen molar-refractivity contribution in [2.45, 2.75) is 19.3 Å². The fourth-order valence-corrected chi connectivity index (χ4v) is 3.21. The predicted octanol–water partition coefficient (Wildman–Crippen LogP) is 3.69. The number of hydrogen-bond donors (Lipinski definition) is 2. The van der Waals surface area contributed by atoms with E-state index in [1.807, 2.05) is 44.4 Å². The Labute approximate surface area is 181 Å². The lowest BCUT2D eigenvalue weighted by atomic mass is 10.0. The minimum atomic E-state index is -0.232. The predicted molar refractivity (Wildman–Crippen MR) is 123 cm³/mol. The van der Waals surface area contributed by atoms with E-state index in [9.17, 15) is 9.59 Å². The number of fused-ring (bicyclic) bond motifs is 1. The molecule has 8 heteroatoms. The van der Waals surface area contributed by atoms with Crippen molar-refractivity contribution in [2.75, 3.05) is 33.1 Å². The molecule has 1 heterocycles. The summed E-state index contributed by atoms with van der Waals surface area (Å²) < 4.78 is 5.40. The second-order valence-corrected chi connectivity index (χ2v) is 7.17. The number of amides is 1. The van der Waals surface area contributed by atoms with E-state index in [2.05, 4.69) is 20.4 Å². The number of nitrogens with one attached hydrogen (secondary N) is 2. The van der Waals surface area contributed by atoms with Crippen molar-refractivity contribution < 1.29 is 9.53 Å². The second kappa shape index (κ2) is 10.8. The van der Waals surface area contributed by atoms with Gasteiger partial charge in [0, 0.05) is 17.4 Å². The summed E-state index contributed by atoms with van der Waals surface area (Å²) in [5.41, 5.74) is 1.77. The first-order chi connectivity index (χ1) is 14.0. The first-order valence-corrected chi connectivity index (χ1v) is 9.60. The highest BCUT2D eigenvalue weighted by Gasteiger charge is 2.13. The molecule has 0 saturated carbocycles. The van der Waals surface area contributed by atoms with Gasteiger partial charge in [-0.3, -0.25) is 9.59 Å². The van der Waals surface area contributed by atoms with Crippen molar-refractivity contribution in [3.05, 3.63) is 52.8 Å². The molecule has 2 N–H and O–H groups in total. The average molecular weight is 431 g/mol. The largest absolute Gasteiger partial charge is 0.495 e. The molecule has 0 aliphatic heterocycles. The van der Waals surface area contributed by atoms with Gasteiger partial charge in [-0.15, -0.1) is 12.4 Å². The summed E-state index contributed by atoms with van der Waals surface area (Å²) in [4.78, 5) is 26.5. The van der Waals surface area contributed by atoms with Crippen molar-refractivity contribution in [3.8, 4) is 17.0 Å². The summed E-state index contributed by atoms with van der Waals surface area (Å²) in [5, 5.41) is 11.0. The number of anilines is 1. The molecule has 0 spiro atoms. The number of carbonyl (C=O) groups excluding carboxylic acids is 1. The number of rotatable bonds is 8. The van der Waals surface area contributed by atoms with Gasteiger partial charge in [0.2, 0.25) is 5.91 Å². The molecule has 0 aliphatic rings. The van der Waals surface area contributed by atoms with Crippen molar-refractivity contribution in [1.82, 2.24) is 15.1 Å². The van der Waals surface area contributed by atoms with Crippen LogP contribution in [0.2, 0.25) is 0 Å². The highest BCUT2D eigenvalue weighted by Crippen LogP contribution is 2.32. The molecule has 1 aromatic heterocycles. The number of carbonyl (C=O) groups is 1. The number of H-pyrrole nitrogens is 1. The van der Waals surface area contributed by atoms with Crippen molar-refractivity contribution >= 4 is 34.8 Å². The Kier molecular flexibility index (Phi) is 8.38. The zero-order chi connectivity index (χ0) is 20.8. The third kappa shape index (κ3) is 5.58. The zero-order valence-corrected chi connectivity index (χ0v) is 18.2. The molecule has 7 nitrogen and oxygen atoms in total. The normalized spacial score (nSPS) is 10.7. The third-order valence-corrected chi connectivity index (χ3v) is 4.70. The van der Waals surface area contributed by atoms with Gasteiger partial charge in [0.05, 0.1) is 23.9 Å². The number of benzene rings is 2. The molecule has 1 amide bonds. The number of halogens is 1. The first-order valence-electron chi connectivity index (χ1n) is 9.60. The van der Waals surface area contributed by atoms with Gasteiger partial charge in [0.15, 0.2) is 0 Å². The Hall–Kier alpha value is -2.90. The average Bonchev–Trinajstić information content (AvgIpc) is 2.71. The van der Waals surface area contributed by atoms with E-state index >= 15 is 0 Å². The van der Waals surface area contributed by atoms with Crippen LogP contribution in [0, 0.1) is 0 Å². The molecule has 0 radical (unpaired) electrons. The van der Waals surface area contributed by atoms with Crippen molar-refractivity contribution in [2.24, 2.45) is 0 Å². The van der Waals surface area contributed by atoms with Crippen molar-refractivity contribution in [1.29, 1.82) is 0 Å². The van der Waals surface area contributed by atoms with Gasteiger partial charge < -0.3 is 15.0 Å². The van der Waals surface area contributed by atoms with Gasteiger partial charge in [-0.25, -0.2) is 5.10 Å². The third-order valence-electron chi connectivity index (χ3n) is 4.70. The Morgan fingerprint density at radius 3 is 2.57 bits per heavy atom. The van der Waals surface area contributed by atoms with Gasteiger partial charge in [0.1, 0.15) is 5.75 Å². The number of ether oxygens (including phenoxy) is 1. The minimum absolute atomic E-state index is 0. The Bertz CT molecular complexity index is 1070. The van der Waals surface area contributed by atoms with Crippen LogP contribution in [-0.4, -0.2) is 48.8 Å². The highest BCUT2D eigenvalue weighted by atomic mass is 35.5. The molecule has 0 saturated heterocycles. The Morgan fingerprint density at radius 1 is 1.13 bits per heavy atom. The summed E-state index contributed by atoms with van der Waals surface area (Å²) in [6.07, 6.45) is 2.23. The standard InChI is InChI=1S/C22H26N4O3.ClH/c1-26(2)13-7-6-10-20(27)23-18-14-15(11-12-19(18)29-3)21-16-8-4-5-9-17(16)22(28)25-24-21;/h4-5,8-9,11-12,14H,6-7,10,13H2,1-3H3,(H,23,27)(H,25,28);1H. The molecule has 0 unspecified atom stereocenters. The van der Waals surface area contributed by atoms with E-state index < -0.39 is 0 Å². The first kappa shape index (κ1) is 23.4. The molecule has 0 atom stereocenters. The van der Waals surface area contributed by atoms with E-state index in [1.165, 1.54) is 0 Å². The lowest BCUT2D eigenvalue weighted by Crippen LogP contribution is -2.15. The number of methoxy groups -OCH3 is 1. The van der Waals surface area contributed by atoms with Crippen LogP contribution in [0.15, 0.2) is 47.3 Å². The lowest BCUT2D eigenvalue weighted by Gasteiger charge is -2.13. The number of aromatic amines is 1. The van der Waals surface area contributed by atoms with Crippen LogP contribution in [0.3, 0.4) is 0 Å². The molecule has 3 rings (SSSR count). The van der Waals surface area contributed by atoms with E-state index in [0.29, 0.717) is 28.9 Å². The second-order valence-electron chi connectivity index (χ2n) is 7.17. The van der Waals surface area contributed by atoms with Crippen LogP contribution in [0.1, 0.15) is 19.3 Å². The Morgan fingerprint density at radius 2 is 1.87 bits per heavy atom. The van der Waals surface area contributed by atoms with Gasteiger partial charge in [-0.05, 0) is 57.7 Å². The smallest absolute Gasteiger partial charge is 0.272 e. The van der Waals surface area contributed by atoms with E-state index in [1.54, 1.807) is 19.2 Å². The fraction of sp³-hybridized carbons (Fsp3) is 0.318. The van der Waals surface area contributed by atoms with E-state index in [4.69, 9.17) is 4.74 Å². The maximum Gasteiger partial charge on any atom is 0.272 e. The van der Waals surface area contributed by atoms with Gasteiger partial charge in [-0.1, -0.05) is 18.2 Å². The number of nitrogens with zero attached hydrogens (tertiary/aromatic N) is 2. The quantitative estimate of drug-likeness (QED) is 0.532. The fourth-order valence-electron chi connectivity index (χ4n) is 3.21. The van der Waals surface area contributed by atoms with Gasteiger partial charge in [-0.2, -0.15) is 5.10 Å². The van der Waals surface area contributed by atoms with Gasteiger partial charge in [0.25, 0.3) is 5.56 Å². The van der Waals surface area contributed by atoms with Crippen LogP contribution < -0.4 is 15.6 Å². The molecule has 160 valence electrons. The molecule has 0 fully saturated rings. The summed E-state index contributed by atoms with van der Waals surface area (Å²) in [6.45, 7) is 0.955. The lowest BCUT2D eigenvalue weighted by molar-refractivity contribution is -0.116. The maximum atomic E-state index is 12.4. The summed E-state index contributed by atoms with van der Waals surface area (Å²) in [7, 11) is 5.60. The molecule has 30 heavy (non-hydrogen) atoms. The highest BCUT2D eigenvalue weighted by molar-refractivity contribution is 5.96. The molecular formula is C22H27ClN4O3. The van der Waals surface area contributed by atoms with E-state index in [-0.39, 0.29) is 23.9 Å². The van der Waals surface area contributed by atoms with Crippen LogP contribution in [0.4, 0.5) is 5.69 Å². The number of hydrogen-bond acceptors (Lipinski definition) is 5. The van der Waals surface area contributed by atoms with Crippen LogP contribution in [-0.2, 0) is 4.79 Å². The molecular weight excluding hydrogens is 404 g/mol. The van der Waals surface area contributed by atoms with Gasteiger partial charge >= 0.3 is 0 Å². The summed E-state index contributed by atoms with van der Waals surface area (Å²) in [5.74, 6) is 0.516. The van der Waals surface area contributed by atoms with Crippen LogP contribution in [0.5, 0.6) is 5.75 Å². The van der Waals surface area contributed by atoms with Crippen LogP contribution >= 0.6 is 12.4 Å². The van der Waals surface area contributed by atoms with Crippen LogP contribution in [0.25, 0.3) is 22.0 Å². The van der Waals surface area contributed by atoms with E-state index in [0.717, 1.165) is 30.3 Å². The topological polar surface area (TPSA) is 87.3 Å². The number of unbranched alkanes of at least 4 members (excludes halogenated alkanes) is 1. The molecule has 2 aromatic carbocycles. The van der Waals surface area contributed by atoms with Crippen molar-refractivity contribution in [3.63, 3.8) is 0 Å². The monoisotopic (exact) mass is 430 g/mol. The number of aromatic nitrogens is 2. The Balaban J connectivity index is 0.00000320. The SMILES string of the molecule is COc1ccc(-c2n[nH]c(=O)c3ccccc23)cc1NC(=O)CCCCN(C)C.Cl. The molecule has 0 bridgehead atoms. The summed E-state index contributed by atoms with van der Waals surface area (Å²) in [6, 6.07) is 12.8. The molecule has 3 aromatic rings. The zero-order valence-electron chi connectivity index (χ0n) is 17.4. The molecule has 0 aliphatic carbocycles.